The van der Waals surface area contributed by atoms with Crippen LogP contribution in [-0.2, 0) is 24.2 Å². The van der Waals surface area contributed by atoms with E-state index in [1.165, 1.54) is 11.3 Å². The molecule has 0 aliphatic carbocycles. The average Bonchev–Trinajstić information content (AvgIpc) is 2.95. The van der Waals surface area contributed by atoms with Crippen molar-refractivity contribution in [2.24, 2.45) is 0 Å². The monoisotopic (exact) mass is 452 g/mol. The molecule has 7 nitrogen and oxygen atoms in total. The SMILES string of the molecule is Cc1c(C(=O)Nc2cccc(CN3CCOCC3)c2)sc2nc3n(c(=O)c12)CCCCC3. The van der Waals surface area contributed by atoms with Crippen LogP contribution in [0, 0.1) is 6.92 Å². The predicted molar refractivity (Wildman–Crippen MR) is 127 cm³/mol. The van der Waals surface area contributed by atoms with Crippen LogP contribution in [0.2, 0.25) is 0 Å². The van der Waals surface area contributed by atoms with Crippen LogP contribution in [0.25, 0.3) is 10.2 Å². The molecule has 3 aromatic rings. The third kappa shape index (κ3) is 4.22. The smallest absolute Gasteiger partial charge is 0.266 e. The molecule has 2 aromatic heterocycles. The zero-order valence-electron chi connectivity index (χ0n) is 18.4. The molecule has 1 saturated heterocycles. The quantitative estimate of drug-likeness (QED) is 0.655. The Morgan fingerprint density at radius 3 is 2.88 bits per heavy atom. The molecule has 1 amide bonds. The summed E-state index contributed by atoms with van der Waals surface area (Å²) in [7, 11) is 0. The molecule has 4 heterocycles. The summed E-state index contributed by atoms with van der Waals surface area (Å²) in [4.78, 5) is 34.6. The van der Waals surface area contributed by atoms with Crippen molar-refractivity contribution in [2.45, 2.75) is 45.7 Å². The first-order chi connectivity index (χ1) is 15.6. The molecule has 0 bridgehead atoms. The summed E-state index contributed by atoms with van der Waals surface area (Å²) < 4.78 is 7.23. The van der Waals surface area contributed by atoms with Gasteiger partial charge in [0.15, 0.2) is 0 Å². The van der Waals surface area contributed by atoms with Crippen LogP contribution in [-0.4, -0.2) is 46.7 Å². The largest absolute Gasteiger partial charge is 0.379 e. The van der Waals surface area contributed by atoms with Crippen LogP contribution in [0.5, 0.6) is 0 Å². The van der Waals surface area contributed by atoms with Gasteiger partial charge in [-0.25, -0.2) is 4.98 Å². The first kappa shape index (κ1) is 21.3. The van der Waals surface area contributed by atoms with Crippen molar-refractivity contribution >= 4 is 33.1 Å². The Balaban J connectivity index is 1.39. The molecule has 0 atom stereocenters. The van der Waals surface area contributed by atoms with Crippen molar-refractivity contribution in [2.75, 3.05) is 31.6 Å². The zero-order chi connectivity index (χ0) is 22.1. The molecular formula is C24H28N4O3S. The summed E-state index contributed by atoms with van der Waals surface area (Å²) in [6.45, 7) is 6.77. The van der Waals surface area contributed by atoms with Crippen molar-refractivity contribution in [3.63, 3.8) is 0 Å². The van der Waals surface area contributed by atoms with Crippen LogP contribution in [0.4, 0.5) is 5.69 Å². The fourth-order valence-corrected chi connectivity index (χ4v) is 5.66. The van der Waals surface area contributed by atoms with Gasteiger partial charge in [0, 0.05) is 38.3 Å². The first-order valence-electron chi connectivity index (χ1n) is 11.3. The van der Waals surface area contributed by atoms with Crippen molar-refractivity contribution < 1.29 is 9.53 Å². The Bertz CT molecular complexity index is 1210. The number of benzene rings is 1. The predicted octanol–water partition coefficient (Wildman–Crippen LogP) is 3.58. The molecule has 1 fully saturated rings. The van der Waals surface area contributed by atoms with Crippen LogP contribution in [0.1, 0.15) is 45.9 Å². The highest BCUT2D eigenvalue weighted by molar-refractivity contribution is 7.20. The van der Waals surface area contributed by atoms with Gasteiger partial charge in [-0.15, -0.1) is 11.3 Å². The fourth-order valence-electron chi connectivity index (χ4n) is 4.58. The molecule has 0 radical (unpaired) electrons. The maximum Gasteiger partial charge on any atom is 0.266 e. The van der Waals surface area contributed by atoms with E-state index in [9.17, 15) is 9.59 Å². The summed E-state index contributed by atoms with van der Waals surface area (Å²) in [5, 5.41) is 3.62. The highest BCUT2D eigenvalue weighted by atomic mass is 32.1. The van der Waals surface area contributed by atoms with Gasteiger partial charge in [-0.05, 0) is 43.0 Å². The summed E-state index contributed by atoms with van der Waals surface area (Å²) in [6.07, 6.45) is 3.99. The van der Waals surface area contributed by atoms with E-state index in [0.717, 1.165) is 81.2 Å². The molecule has 168 valence electrons. The molecule has 8 heteroatoms. The lowest BCUT2D eigenvalue weighted by molar-refractivity contribution is 0.0342. The van der Waals surface area contributed by atoms with Gasteiger partial charge in [0.2, 0.25) is 0 Å². The van der Waals surface area contributed by atoms with E-state index in [4.69, 9.17) is 9.72 Å². The summed E-state index contributed by atoms with van der Waals surface area (Å²) in [5.41, 5.74) is 2.63. The number of nitrogens with one attached hydrogen (secondary N) is 1. The molecule has 2 aliphatic heterocycles. The van der Waals surface area contributed by atoms with E-state index in [-0.39, 0.29) is 11.5 Å². The first-order valence-corrected chi connectivity index (χ1v) is 12.1. The Hall–Kier alpha value is -2.55. The number of carbonyl (C=O) groups excluding carboxylic acids is 1. The van der Waals surface area contributed by atoms with Crippen molar-refractivity contribution in [3.05, 3.63) is 56.4 Å². The number of anilines is 1. The second-order valence-electron chi connectivity index (χ2n) is 8.57. The minimum Gasteiger partial charge on any atom is -0.379 e. The third-order valence-corrected chi connectivity index (χ3v) is 7.50. The Morgan fingerprint density at radius 1 is 1.19 bits per heavy atom. The van der Waals surface area contributed by atoms with Gasteiger partial charge < -0.3 is 10.1 Å². The number of hydrogen-bond acceptors (Lipinski definition) is 6. The topological polar surface area (TPSA) is 76.5 Å². The van der Waals surface area contributed by atoms with Crippen molar-refractivity contribution in [1.29, 1.82) is 0 Å². The van der Waals surface area contributed by atoms with E-state index < -0.39 is 0 Å². The number of amides is 1. The number of nitrogens with zero attached hydrogens (tertiary/aromatic N) is 3. The maximum absolute atomic E-state index is 13.2. The van der Waals surface area contributed by atoms with Crippen LogP contribution >= 0.6 is 11.3 Å². The van der Waals surface area contributed by atoms with Gasteiger partial charge in [-0.3, -0.25) is 19.1 Å². The fraction of sp³-hybridized carbons (Fsp3) is 0.458. The zero-order valence-corrected chi connectivity index (χ0v) is 19.2. The van der Waals surface area contributed by atoms with Gasteiger partial charge in [0.05, 0.1) is 23.5 Å². The second-order valence-corrected chi connectivity index (χ2v) is 9.57. The number of hydrogen-bond donors (Lipinski definition) is 1. The molecule has 32 heavy (non-hydrogen) atoms. The van der Waals surface area contributed by atoms with Gasteiger partial charge in [0.1, 0.15) is 10.7 Å². The Morgan fingerprint density at radius 2 is 2.03 bits per heavy atom. The lowest BCUT2D eigenvalue weighted by Crippen LogP contribution is -2.35. The number of ether oxygens (including phenoxy) is 1. The number of carbonyl (C=O) groups is 1. The lowest BCUT2D eigenvalue weighted by atomic mass is 10.1. The molecule has 5 rings (SSSR count). The minimum absolute atomic E-state index is 0.00721. The van der Waals surface area contributed by atoms with E-state index in [0.29, 0.717) is 21.6 Å². The van der Waals surface area contributed by atoms with Crippen LogP contribution < -0.4 is 10.9 Å². The van der Waals surface area contributed by atoms with E-state index in [1.807, 2.05) is 29.7 Å². The van der Waals surface area contributed by atoms with Gasteiger partial charge in [0.25, 0.3) is 11.5 Å². The molecule has 0 unspecified atom stereocenters. The number of fused-ring (bicyclic) bond motifs is 2. The van der Waals surface area contributed by atoms with E-state index in [2.05, 4.69) is 16.3 Å². The number of morpholine rings is 1. The summed E-state index contributed by atoms with van der Waals surface area (Å²) >= 11 is 1.32. The normalized spacial score (nSPS) is 17.2. The van der Waals surface area contributed by atoms with Crippen molar-refractivity contribution in [3.8, 4) is 0 Å². The third-order valence-electron chi connectivity index (χ3n) is 6.31. The highest BCUT2D eigenvalue weighted by Crippen LogP contribution is 2.29. The second kappa shape index (κ2) is 9.13. The van der Waals surface area contributed by atoms with Crippen molar-refractivity contribution in [1.82, 2.24) is 14.5 Å². The Labute approximate surface area is 191 Å². The highest BCUT2D eigenvalue weighted by Gasteiger charge is 2.22. The average molecular weight is 453 g/mol. The van der Waals surface area contributed by atoms with E-state index >= 15 is 0 Å². The summed E-state index contributed by atoms with van der Waals surface area (Å²) in [6, 6.07) is 7.96. The maximum atomic E-state index is 13.2. The van der Waals surface area contributed by atoms with Gasteiger partial charge in [-0.1, -0.05) is 18.6 Å². The number of aryl methyl sites for hydroxylation is 2. The lowest BCUT2D eigenvalue weighted by Gasteiger charge is -2.26. The van der Waals surface area contributed by atoms with Gasteiger partial charge >= 0.3 is 0 Å². The molecule has 0 spiro atoms. The molecule has 1 N–H and O–H groups in total. The minimum atomic E-state index is -0.186. The summed E-state index contributed by atoms with van der Waals surface area (Å²) in [5.74, 6) is 0.664. The number of rotatable bonds is 4. The molecule has 2 aliphatic rings. The van der Waals surface area contributed by atoms with Crippen LogP contribution in [0.3, 0.4) is 0 Å². The molecule has 1 aromatic carbocycles. The number of thiophene rings is 1. The molecule has 0 saturated carbocycles. The van der Waals surface area contributed by atoms with Gasteiger partial charge in [-0.2, -0.15) is 0 Å². The van der Waals surface area contributed by atoms with E-state index in [1.54, 1.807) is 0 Å². The standard InChI is InChI=1S/C24H28N4O3S/c1-16-20-23(26-19-8-3-2-4-9-28(19)24(20)30)32-21(16)22(29)25-18-7-5-6-17(14-18)15-27-10-12-31-13-11-27/h5-7,14H,2-4,8-13,15H2,1H3,(H,25,29). The molecular weight excluding hydrogens is 424 g/mol. The Kier molecular flexibility index (Phi) is 6.08. The van der Waals surface area contributed by atoms with Crippen LogP contribution in [0.15, 0.2) is 29.1 Å². The number of aromatic nitrogens is 2.